The van der Waals surface area contributed by atoms with Gasteiger partial charge in [-0.2, -0.15) is 0 Å². The highest BCUT2D eigenvalue weighted by Gasteiger charge is 2.35. The summed E-state index contributed by atoms with van der Waals surface area (Å²) in [6, 6.07) is 0. The van der Waals surface area contributed by atoms with E-state index in [1.807, 2.05) is 20.8 Å². The average molecular weight is 171 g/mol. The van der Waals surface area contributed by atoms with E-state index in [1.54, 1.807) is 0 Å². The topological polar surface area (TPSA) is 46.6 Å². The van der Waals surface area contributed by atoms with Gasteiger partial charge in [-0.25, -0.2) is 4.79 Å². The number of carbonyl (C=O) groups is 2. The molecule has 68 valence electrons. The van der Waals surface area contributed by atoms with Crippen LogP contribution in [-0.2, 0) is 14.3 Å². The molecule has 0 spiro atoms. The Morgan fingerprint density at radius 1 is 1.33 bits per heavy atom. The summed E-state index contributed by atoms with van der Waals surface area (Å²) in [4.78, 5) is 23.6. The summed E-state index contributed by atoms with van der Waals surface area (Å²) in [7, 11) is 0. The normalized spacial score (nSPS) is 19.4. The van der Waals surface area contributed by atoms with Crippen molar-refractivity contribution < 1.29 is 14.3 Å². The van der Waals surface area contributed by atoms with Gasteiger partial charge in [0.1, 0.15) is 6.61 Å². The number of amides is 1. The smallest absolute Gasteiger partial charge is 0.397 e. The average Bonchev–Trinajstić information content (AvgIpc) is 1.92. The van der Waals surface area contributed by atoms with Crippen molar-refractivity contribution >= 4 is 11.9 Å². The molecule has 1 fully saturated rings. The van der Waals surface area contributed by atoms with Crippen molar-refractivity contribution in [2.24, 2.45) is 0 Å². The van der Waals surface area contributed by atoms with E-state index in [4.69, 9.17) is 0 Å². The maximum atomic E-state index is 11.2. The Morgan fingerprint density at radius 3 is 2.33 bits per heavy atom. The van der Waals surface area contributed by atoms with Gasteiger partial charge in [-0.05, 0) is 20.8 Å². The van der Waals surface area contributed by atoms with Crippen LogP contribution in [0.3, 0.4) is 0 Å². The van der Waals surface area contributed by atoms with Crippen molar-refractivity contribution in [1.29, 1.82) is 0 Å². The lowest BCUT2D eigenvalue weighted by molar-refractivity contribution is -0.170. The largest absolute Gasteiger partial charge is 0.457 e. The predicted molar refractivity (Wildman–Crippen MR) is 42.4 cm³/mol. The van der Waals surface area contributed by atoms with Gasteiger partial charge in [0, 0.05) is 5.54 Å². The van der Waals surface area contributed by atoms with Crippen molar-refractivity contribution in [3.8, 4) is 0 Å². The van der Waals surface area contributed by atoms with E-state index in [0.717, 1.165) is 0 Å². The lowest BCUT2D eigenvalue weighted by Gasteiger charge is -2.36. The van der Waals surface area contributed by atoms with E-state index >= 15 is 0 Å². The molecule has 12 heavy (non-hydrogen) atoms. The molecule has 4 nitrogen and oxygen atoms in total. The number of ether oxygens (including phenoxy) is 1. The maximum Gasteiger partial charge on any atom is 0.397 e. The Labute approximate surface area is 71.5 Å². The van der Waals surface area contributed by atoms with Crippen molar-refractivity contribution in [2.75, 3.05) is 13.2 Å². The molecular formula is C8H13NO3. The molecule has 1 saturated heterocycles. The van der Waals surface area contributed by atoms with E-state index in [2.05, 4.69) is 4.74 Å². The third-order valence-corrected chi connectivity index (χ3v) is 1.78. The van der Waals surface area contributed by atoms with Crippen molar-refractivity contribution in [2.45, 2.75) is 26.3 Å². The highest BCUT2D eigenvalue weighted by Crippen LogP contribution is 2.15. The standard InChI is InChI=1S/C8H13NO3/c1-8(2,3)9-4-5-12-7(11)6(9)10/h4-5H2,1-3H3. The molecule has 0 aromatic carbocycles. The lowest BCUT2D eigenvalue weighted by Crippen LogP contribution is -2.53. The first kappa shape index (κ1) is 9.03. The summed E-state index contributed by atoms with van der Waals surface area (Å²) in [5.74, 6) is -1.27. The summed E-state index contributed by atoms with van der Waals surface area (Å²) in [6.45, 7) is 6.48. The van der Waals surface area contributed by atoms with Gasteiger partial charge in [0.2, 0.25) is 0 Å². The molecule has 1 aliphatic rings. The molecule has 0 saturated carbocycles. The minimum atomic E-state index is -0.740. The van der Waals surface area contributed by atoms with Crippen LogP contribution >= 0.6 is 0 Å². The molecule has 0 N–H and O–H groups in total. The number of morpholine rings is 1. The second-order valence-electron chi connectivity index (χ2n) is 3.76. The molecule has 0 aromatic heterocycles. The molecule has 0 atom stereocenters. The second kappa shape index (κ2) is 2.77. The predicted octanol–water partition coefficient (Wildman–Crippen LogP) is 0.170. The third-order valence-electron chi connectivity index (χ3n) is 1.78. The molecule has 0 radical (unpaired) electrons. The Bertz CT molecular complexity index is 217. The zero-order valence-corrected chi connectivity index (χ0v) is 7.59. The number of cyclic esters (lactones) is 1. The first-order valence-electron chi connectivity index (χ1n) is 3.91. The first-order valence-corrected chi connectivity index (χ1v) is 3.91. The molecule has 0 bridgehead atoms. The van der Waals surface area contributed by atoms with Gasteiger partial charge in [-0.15, -0.1) is 0 Å². The number of rotatable bonds is 0. The van der Waals surface area contributed by atoms with E-state index < -0.39 is 11.9 Å². The fraction of sp³-hybridized carbons (Fsp3) is 0.750. The third kappa shape index (κ3) is 1.57. The van der Waals surface area contributed by atoms with E-state index in [1.165, 1.54) is 4.90 Å². The highest BCUT2D eigenvalue weighted by molar-refractivity contribution is 6.32. The molecule has 1 amide bonds. The summed E-state index contributed by atoms with van der Waals surface area (Å²) in [5.41, 5.74) is -0.295. The minimum absolute atomic E-state index is 0.295. The SMILES string of the molecule is CC(C)(C)N1CCOC(=O)C1=O. The molecule has 1 rings (SSSR count). The van der Waals surface area contributed by atoms with Crippen LogP contribution in [0.5, 0.6) is 0 Å². The monoisotopic (exact) mass is 171 g/mol. The minimum Gasteiger partial charge on any atom is -0.457 e. The van der Waals surface area contributed by atoms with Crippen LogP contribution in [0.4, 0.5) is 0 Å². The Balaban J connectivity index is 2.78. The molecule has 4 heteroatoms. The van der Waals surface area contributed by atoms with Gasteiger partial charge >= 0.3 is 11.9 Å². The quantitative estimate of drug-likeness (QED) is 0.385. The van der Waals surface area contributed by atoms with E-state index in [9.17, 15) is 9.59 Å². The van der Waals surface area contributed by atoms with Crippen LogP contribution in [0.25, 0.3) is 0 Å². The Kier molecular flexibility index (Phi) is 2.08. The lowest BCUT2D eigenvalue weighted by atomic mass is 10.1. The fourth-order valence-corrected chi connectivity index (χ4v) is 1.14. The van der Waals surface area contributed by atoms with Crippen LogP contribution in [0, 0.1) is 0 Å². The van der Waals surface area contributed by atoms with Crippen LogP contribution in [0.2, 0.25) is 0 Å². The van der Waals surface area contributed by atoms with Crippen LogP contribution in [0.15, 0.2) is 0 Å². The van der Waals surface area contributed by atoms with E-state index in [0.29, 0.717) is 13.2 Å². The number of hydrogen-bond donors (Lipinski definition) is 0. The van der Waals surface area contributed by atoms with Crippen LogP contribution < -0.4 is 0 Å². The van der Waals surface area contributed by atoms with Gasteiger partial charge in [0.25, 0.3) is 0 Å². The summed E-state index contributed by atoms with van der Waals surface area (Å²) >= 11 is 0. The number of nitrogens with zero attached hydrogens (tertiary/aromatic N) is 1. The summed E-state index contributed by atoms with van der Waals surface area (Å²) in [6.07, 6.45) is 0. The zero-order chi connectivity index (χ0) is 9.35. The number of hydrogen-bond acceptors (Lipinski definition) is 3. The summed E-state index contributed by atoms with van der Waals surface area (Å²) < 4.78 is 4.59. The molecular weight excluding hydrogens is 158 g/mol. The van der Waals surface area contributed by atoms with Gasteiger partial charge < -0.3 is 9.64 Å². The molecule has 1 aliphatic heterocycles. The second-order valence-corrected chi connectivity index (χ2v) is 3.76. The van der Waals surface area contributed by atoms with Gasteiger partial charge in [0.15, 0.2) is 0 Å². The summed E-state index contributed by atoms with van der Waals surface area (Å²) in [5, 5.41) is 0. The van der Waals surface area contributed by atoms with Crippen molar-refractivity contribution in [3.63, 3.8) is 0 Å². The Hall–Kier alpha value is -1.06. The molecule has 1 heterocycles. The van der Waals surface area contributed by atoms with Gasteiger partial charge in [-0.3, -0.25) is 4.79 Å². The number of carbonyl (C=O) groups excluding carboxylic acids is 2. The van der Waals surface area contributed by atoms with Crippen LogP contribution in [0.1, 0.15) is 20.8 Å². The zero-order valence-electron chi connectivity index (χ0n) is 7.59. The Morgan fingerprint density at radius 2 is 1.92 bits per heavy atom. The first-order chi connectivity index (χ1) is 5.43. The molecule has 0 aromatic rings. The maximum absolute atomic E-state index is 11.2. The highest BCUT2D eigenvalue weighted by atomic mass is 16.5. The fourth-order valence-electron chi connectivity index (χ4n) is 1.14. The van der Waals surface area contributed by atoms with Crippen molar-refractivity contribution in [1.82, 2.24) is 4.90 Å². The van der Waals surface area contributed by atoms with Crippen molar-refractivity contribution in [3.05, 3.63) is 0 Å². The van der Waals surface area contributed by atoms with E-state index in [-0.39, 0.29) is 5.54 Å². The van der Waals surface area contributed by atoms with Gasteiger partial charge in [-0.1, -0.05) is 0 Å². The van der Waals surface area contributed by atoms with Gasteiger partial charge in [0.05, 0.1) is 6.54 Å². The molecule has 0 unspecified atom stereocenters. The molecule has 0 aliphatic carbocycles. The number of esters is 1. The van der Waals surface area contributed by atoms with Crippen LogP contribution in [-0.4, -0.2) is 35.5 Å².